The lowest BCUT2D eigenvalue weighted by atomic mass is 9.95. The summed E-state index contributed by atoms with van der Waals surface area (Å²) in [5.41, 5.74) is -0.0373. The van der Waals surface area contributed by atoms with E-state index >= 15 is 0 Å². The number of imide groups is 1. The SMILES string of the molecule is COc1ccc2c(c1)C(=O)N(C[C@@]1(c3cc4cc(C(=O)O)ccc4o3)NC(=O)NC1=O)C2. The van der Waals surface area contributed by atoms with Gasteiger partial charge in [-0.1, -0.05) is 6.07 Å². The molecular weight excluding hydrogens is 418 g/mol. The largest absolute Gasteiger partial charge is 0.497 e. The molecule has 1 aromatic heterocycles. The molecular formula is C22H17N3O7. The number of methoxy groups -OCH3 is 1. The molecule has 5 rings (SSSR count). The molecule has 0 unspecified atom stereocenters. The van der Waals surface area contributed by atoms with E-state index in [0.29, 0.717) is 22.3 Å². The van der Waals surface area contributed by atoms with Gasteiger partial charge in [-0.05, 0) is 42.0 Å². The molecule has 10 heteroatoms. The maximum atomic E-state index is 13.0. The Balaban J connectivity index is 1.55. The number of carbonyl (C=O) groups is 4. The van der Waals surface area contributed by atoms with Crippen molar-refractivity contribution in [1.29, 1.82) is 0 Å². The third-order valence-electron chi connectivity index (χ3n) is 5.75. The van der Waals surface area contributed by atoms with Crippen LogP contribution in [0.1, 0.15) is 32.0 Å². The number of urea groups is 1. The van der Waals surface area contributed by atoms with Crippen LogP contribution in [0.5, 0.6) is 5.75 Å². The second-order valence-electron chi connectivity index (χ2n) is 7.67. The Morgan fingerprint density at radius 1 is 1.19 bits per heavy atom. The summed E-state index contributed by atoms with van der Waals surface area (Å²) in [5, 5.41) is 14.5. The van der Waals surface area contributed by atoms with Crippen molar-refractivity contribution >= 4 is 34.8 Å². The van der Waals surface area contributed by atoms with Gasteiger partial charge in [0.2, 0.25) is 0 Å². The van der Waals surface area contributed by atoms with Crippen LogP contribution in [0.3, 0.4) is 0 Å². The van der Waals surface area contributed by atoms with Crippen LogP contribution in [-0.2, 0) is 16.9 Å². The number of nitrogens with zero attached hydrogens (tertiary/aromatic N) is 1. The molecule has 2 aliphatic rings. The number of aromatic carboxylic acids is 1. The van der Waals surface area contributed by atoms with Gasteiger partial charge in [0.25, 0.3) is 11.8 Å². The molecule has 3 heterocycles. The van der Waals surface area contributed by atoms with Gasteiger partial charge in [-0.25, -0.2) is 9.59 Å². The van der Waals surface area contributed by atoms with Gasteiger partial charge in [-0.15, -0.1) is 0 Å². The predicted molar refractivity (Wildman–Crippen MR) is 109 cm³/mol. The number of carboxylic acids is 1. The minimum atomic E-state index is -1.67. The third-order valence-corrected chi connectivity index (χ3v) is 5.75. The van der Waals surface area contributed by atoms with Crippen LogP contribution in [0, 0.1) is 0 Å². The van der Waals surface area contributed by atoms with Crippen molar-refractivity contribution in [2.75, 3.05) is 13.7 Å². The quantitative estimate of drug-likeness (QED) is 0.520. The molecule has 3 aromatic rings. The van der Waals surface area contributed by atoms with E-state index in [0.717, 1.165) is 5.56 Å². The fraction of sp³-hybridized carbons (Fsp3) is 0.182. The molecule has 2 aromatic carbocycles. The molecule has 0 saturated carbocycles. The molecule has 4 amide bonds. The van der Waals surface area contributed by atoms with E-state index in [9.17, 15) is 24.3 Å². The summed E-state index contributed by atoms with van der Waals surface area (Å²) in [6, 6.07) is 10.2. The number of amides is 4. The highest BCUT2D eigenvalue weighted by molar-refractivity contribution is 6.08. The van der Waals surface area contributed by atoms with Crippen LogP contribution in [0.15, 0.2) is 46.9 Å². The average Bonchev–Trinajstić information content (AvgIpc) is 3.41. The molecule has 1 atom stereocenters. The number of fused-ring (bicyclic) bond motifs is 2. The second kappa shape index (κ2) is 6.84. The lowest BCUT2D eigenvalue weighted by molar-refractivity contribution is -0.125. The molecule has 1 saturated heterocycles. The molecule has 0 aliphatic carbocycles. The Morgan fingerprint density at radius 3 is 2.69 bits per heavy atom. The van der Waals surface area contributed by atoms with Crippen molar-refractivity contribution < 1.29 is 33.4 Å². The van der Waals surface area contributed by atoms with Crippen molar-refractivity contribution in [3.63, 3.8) is 0 Å². The molecule has 0 spiro atoms. The van der Waals surface area contributed by atoms with E-state index < -0.39 is 23.4 Å². The summed E-state index contributed by atoms with van der Waals surface area (Å²) in [6.45, 7) is 0.0679. The average molecular weight is 435 g/mol. The lowest BCUT2D eigenvalue weighted by Gasteiger charge is -2.29. The van der Waals surface area contributed by atoms with E-state index in [4.69, 9.17) is 9.15 Å². The summed E-state index contributed by atoms with van der Waals surface area (Å²) in [7, 11) is 1.50. The van der Waals surface area contributed by atoms with E-state index in [2.05, 4.69) is 10.6 Å². The van der Waals surface area contributed by atoms with Crippen molar-refractivity contribution in [1.82, 2.24) is 15.5 Å². The first-order valence-corrected chi connectivity index (χ1v) is 9.68. The smallest absolute Gasteiger partial charge is 0.335 e. The standard InChI is InChI=1S/C22H17N3O7/c1-31-14-4-2-12-9-25(18(26)15(12)8-14)10-22(20(29)23-21(30)24-22)17-7-13-6-11(19(27)28)3-5-16(13)32-17/h2-8H,9-10H2,1H3,(H,27,28)(H2,23,24,29,30)/t22-/m0/s1. The molecule has 162 valence electrons. The number of carboxylic acid groups (broad SMARTS) is 1. The number of carbonyl (C=O) groups excluding carboxylic acids is 3. The summed E-state index contributed by atoms with van der Waals surface area (Å²) < 4.78 is 11.0. The minimum Gasteiger partial charge on any atom is -0.497 e. The van der Waals surface area contributed by atoms with Gasteiger partial charge in [0.05, 0.1) is 19.2 Å². The van der Waals surface area contributed by atoms with E-state index in [1.54, 1.807) is 18.2 Å². The molecule has 0 bridgehead atoms. The highest BCUT2D eigenvalue weighted by Crippen LogP contribution is 2.35. The number of hydrogen-bond donors (Lipinski definition) is 3. The summed E-state index contributed by atoms with van der Waals surface area (Å²) in [5.74, 6) is -1.45. The van der Waals surface area contributed by atoms with Crippen molar-refractivity contribution in [3.8, 4) is 5.75 Å². The Hall–Kier alpha value is -4.34. The molecule has 10 nitrogen and oxygen atoms in total. The van der Waals surface area contributed by atoms with Gasteiger partial charge in [-0.3, -0.25) is 14.9 Å². The van der Waals surface area contributed by atoms with Gasteiger partial charge in [0.15, 0.2) is 5.54 Å². The maximum Gasteiger partial charge on any atom is 0.335 e. The zero-order valence-corrected chi connectivity index (χ0v) is 16.8. The Bertz CT molecular complexity index is 1330. The van der Waals surface area contributed by atoms with Crippen LogP contribution in [-0.4, -0.2) is 47.5 Å². The van der Waals surface area contributed by atoms with Crippen molar-refractivity contribution in [2.24, 2.45) is 0 Å². The molecule has 0 radical (unpaired) electrons. The number of nitrogens with one attached hydrogen (secondary N) is 2. The molecule has 2 aliphatic heterocycles. The van der Waals surface area contributed by atoms with Gasteiger partial charge in [0.1, 0.15) is 17.1 Å². The van der Waals surface area contributed by atoms with Crippen molar-refractivity contribution in [2.45, 2.75) is 12.1 Å². The van der Waals surface area contributed by atoms with Crippen LogP contribution in [0.2, 0.25) is 0 Å². The number of rotatable bonds is 5. The van der Waals surface area contributed by atoms with E-state index in [1.165, 1.54) is 36.3 Å². The van der Waals surface area contributed by atoms with E-state index in [1.807, 2.05) is 0 Å². The maximum absolute atomic E-state index is 13.0. The highest BCUT2D eigenvalue weighted by atomic mass is 16.5. The topological polar surface area (TPSA) is 138 Å². The summed E-state index contributed by atoms with van der Waals surface area (Å²) in [6.07, 6.45) is 0. The third kappa shape index (κ3) is 2.88. The number of hydrogen-bond acceptors (Lipinski definition) is 6. The number of benzene rings is 2. The number of furan rings is 1. The van der Waals surface area contributed by atoms with Gasteiger partial charge in [0, 0.05) is 17.5 Å². The van der Waals surface area contributed by atoms with Crippen LogP contribution >= 0.6 is 0 Å². The first kappa shape index (κ1) is 19.6. The monoisotopic (exact) mass is 435 g/mol. The van der Waals surface area contributed by atoms with Crippen molar-refractivity contribution in [3.05, 3.63) is 64.9 Å². The van der Waals surface area contributed by atoms with Gasteiger partial charge in [-0.2, -0.15) is 0 Å². The van der Waals surface area contributed by atoms with Gasteiger partial charge >= 0.3 is 12.0 Å². The fourth-order valence-corrected chi connectivity index (χ4v) is 4.12. The second-order valence-corrected chi connectivity index (χ2v) is 7.67. The zero-order chi connectivity index (χ0) is 22.6. The Morgan fingerprint density at radius 2 is 2.00 bits per heavy atom. The number of ether oxygens (including phenoxy) is 1. The zero-order valence-electron chi connectivity index (χ0n) is 16.8. The predicted octanol–water partition coefficient (Wildman–Crippen LogP) is 1.83. The molecule has 1 fully saturated rings. The molecule has 3 N–H and O–H groups in total. The lowest BCUT2D eigenvalue weighted by Crippen LogP contribution is -2.52. The van der Waals surface area contributed by atoms with Crippen LogP contribution in [0.25, 0.3) is 11.0 Å². The fourth-order valence-electron chi connectivity index (χ4n) is 4.12. The van der Waals surface area contributed by atoms with Crippen LogP contribution in [0.4, 0.5) is 4.79 Å². The van der Waals surface area contributed by atoms with E-state index in [-0.39, 0.29) is 30.3 Å². The van der Waals surface area contributed by atoms with Gasteiger partial charge < -0.3 is 24.5 Å². The summed E-state index contributed by atoms with van der Waals surface area (Å²) >= 11 is 0. The normalized spacial score (nSPS) is 19.8. The Kier molecular flexibility index (Phi) is 4.19. The molecule has 32 heavy (non-hydrogen) atoms. The Labute approximate surface area is 180 Å². The highest BCUT2D eigenvalue weighted by Gasteiger charge is 2.53. The first-order valence-electron chi connectivity index (χ1n) is 9.68. The minimum absolute atomic E-state index is 0.0536. The first-order chi connectivity index (χ1) is 15.3. The van der Waals surface area contributed by atoms with Crippen LogP contribution < -0.4 is 15.4 Å². The summed E-state index contributed by atoms with van der Waals surface area (Å²) in [4.78, 5) is 50.8.